The van der Waals surface area contributed by atoms with Crippen molar-refractivity contribution >= 4 is 21.6 Å². The Balaban J connectivity index is 2.11. The molecule has 0 saturated heterocycles. The highest BCUT2D eigenvalue weighted by atomic mass is 32.2. The van der Waals surface area contributed by atoms with Crippen LogP contribution in [0.4, 0.5) is 5.69 Å². The Morgan fingerprint density at radius 3 is 2.32 bits per heavy atom. The van der Waals surface area contributed by atoms with E-state index >= 15 is 0 Å². The highest BCUT2D eigenvalue weighted by Gasteiger charge is 2.20. The summed E-state index contributed by atoms with van der Waals surface area (Å²) in [6, 6.07) is 13.8. The van der Waals surface area contributed by atoms with Crippen LogP contribution in [0, 0.1) is 0 Å². The van der Waals surface area contributed by atoms with Crippen LogP contribution in [0.1, 0.15) is 33.3 Å². The second kappa shape index (κ2) is 8.32. The number of anilines is 1. The molecule has 28 heavy (non-hydrogen) atoms. The molecular formula is C21H28N2O4S. The largest absolute Gasteiger partial charge is 0.481 e. The minimum atomic E-state index is -3.57. The predicted octanol–water partition coefficient (Wildman–Crippen LogP) is 3.64. The van der Waals surface area contributed by atoms with Crippen molar-refractivity contribution in [3.63, 3.8) is 0 Å². The molecule has 0 aromatic heterocycles. The summed E-state index contributed by atoms with van der Waals surface area (Å²) in [6.07, 6.45) is -0.746. The van der Waals surface area contributed by atoms with Crippen LogP contribution in [0.2, 0.25) is 0 Å². The van der Waals surface area contributed by atoms with Gasteiger partial charge in [-0.3, -0.25) is 4.79 Å². The number of carbonyl (C=O) groups excluding carboxylic acids is 1. The van der Waals surface area contributed by atoms with Gasteiger partial charge in [0.05, 0.1) is 4.90 Å². The molecule has 0 radical (unpaired) electrons. The van der Waals surface area contributed by atoms with Crippen LogP contribution in [0.25, 0.3) is 0 Å². The molecule has 1 atom stereocenters. The summed E-state index contributed by atoms with van der Waals surface area (Å²) in [5.74, 6) is 0.250. The van der Waals surface area contributed by atoms with Crippen molar-refractivity contribution in [3.8, 4) is 5.75 Å². The van der Waals surface area contributed by atoms with Crippen LogP contribution in [-0.2, 0) is 20.2 Å². The number of nitrogens with zero attached hydrogens (tertiary/aromatic N) is 1. The van der Waals surface area contributed by atoms with Crippen LogP contribution in [0.15, 0.2) is 53.4 Å². The molecule has 0 fully saturated rings. The monoisotopic (exact) mass is 404 g/mol. The van der Waals surface area contributed by atoms with Crippen LogP contribution in [0.5, 0.6) is 5.75 Å². The fourth-order valence-electron chi connectivity index (χ4n) is 2.48. The molecule has 2 aromatic carbocycles. The van der Waals surface area contributed by atoms with Gasteiger partial charge in [0.15, 0.2) is 6.10 Å². The van der Waals surface area contributed by atoms with Crippen molar-refractivity contribution < 1.29 is 17.9 Å². The number of hydrogen-bond donors (Lipinski definition) is 1. The lowest BCUT2D eigenvalue weighted by Crippen LogP contribution is -2.30. The topological polar surface area (TPSA) is 75.7 Å². The second-order valence-electron chi connectivity index (χ2n) is 7.84. The van der Waals surface area contributed by atoms with Gasteiger partial charge in [-0.15, -0.1) is 0 Å². The Morgan fingerprint density at radius 2 is 1.71 bits per heavy atom. The van der Waals surface area contributed by atoms with E-state index in [9.17, 15) is 13.2 Å². The summed E-state index contributed by atoms with van der Waals surface area (Å²) in [5, 5.41) is 2.71. The van der Waals surface area contributed by atoms with Gasteiger partial charge in [0.25, 0.3) is 5.91 Å². The number of nitrogens with one attached hydrogen (secondary N) is 1. The van der Waals surface area contributed by atoms with E-state index in [1.807, 2.05) is 24.3 Å². The zero-order valence-corrected chi connectivity index (χ0v) is 18.0. The maximum absolute atomic E-state index is 12.5. The highest BCUT2D eigenvalue weighted by Crippen LogP contribution is 2.26. The molecule has 0 bridgehead atoms. The molecular weight excluding hydrogens is 376 g/mol. The molecule has 2 rings (SSSR count). The minimum absolute atomic E-state index is 0.0246. The van der Waals surface area contributed by atoms with Crippen molar-refractivity contribution in [3.05, 3.63) is 54.1 Å². The lowest BCUT2D eigenvalue weighted by molar-refractivity contribution is -0.122. The first-order valence-corrected chi connectivity index (χ1v) is 10.5. The molecule has 0 saturated carbocycles. The van der Waals surface area contributed by atoms with Gasteiger partial charge in [-0.25, -0.2) is 12.7 Å². The number of benzene rings is 2. The van der Waals surface area contributed by atoms with E-state index in [0.717, 1.165) is 9.87 Å². The molecule has 0 spiro atoms. The van der Waals surface area contributed by atoms with Crippen LogP contribution in [0.3, 0.4) is 0 Å². The molecule has 6 nitrogen and oxygen atoms in total. The van der Waals surface area contributed by atoms with Crippen LogP contribution < -0.4 is 10.1 Å². The smallest absolute Gasteiger partial charge is 0.265 e. The van der Waals surface area contributed by atoms with Crippen molar-refractivity contribution in [2.75, 3.05) is 19.4 Å². The zero-order valence-electron chi connectivity index (χ0n) is 17.2. The molecule has 1 amide bonds. The first-order chi connectivity index (χ1) is 12.9. The molecule has 7 heteroatoms. The summed E-state index contributed by atoms with van der Waals surface area (Å²) in [6.45, 7) is 7.98. The van der Waals surface area contributed by atoms with E-state index in [-0.39, 0.29) is 16.2 Å². The van der Waals surface area contributed by atoms with Gasteiger partial charge in [-0.05, 0) is 48.2 Å². The number of ether oxygens (including phenoxy) is 1. The predicted molar refractivity (Wildman–Crippen MR) is 111 cm³/mol. The first-order valence-electron chi connectivity index (χ1n) is 9.02. The van der Waals surface area contributed by atoms with Crippen molar-refractivity contribution in [1.29, 1.82) is 0 Å². The molecule has 0 aliphatic rings. The van der Waals surface area contributed by atoms with Gasteiger partial charge >= 0.3 is 0 Å². The Labute approximate surface area is 167 Å². The number of amides is 1. The van der Waals surface area contributed by atoms with Crippen molar-refractivity contribution in [1.82, 2.24) is 4.31 Å². The van der Waals surface area contributed by atoms with E-state index in [4.69, 9.17) is 4.74 Å². The Morgan fingerprint density at radius 1 is 1.07 bits per heavy atom. The number of rotatable bonds is 6. The summed E-state index contributed by atoms with van der Waals surface area (Å²) in [7, 11) is -0.651. The lowest BCUT2D eigenvalue weighted by Gasteiger charge is -2.21. The van der Waals surface area contributed by atoms with E-state index in [1.54, 1.807) is 19.1 Å². The van der Waals surface area contributed by atoms with E-state index < -0.39 is 16.1 Å². The normalized spacial score (nSPS) is 13.2. The maximum atomic E-state index is 12.5. The summed E-state index contributed by atoms with van der Waals surface area (Å²) < 4.78 is 31.4. The van der Waals surface area contributed by atoms with Gasteiger partial charge in [0.2, 0.25) is 10.0 Å². The van der Waals surface area contributed by atoms with Crippen LogP contribution >= 0.6 is 0 Å². The average Bonchev–Trinajstić information content (AvgIpc) is 2.61. The number of sulfonamides is 1. The molecule has 2 aromatic rings. The van der Waals surface area contributed by atoms with Gasteiger partial charge in [-0.2, -0.15) is 0 Å². The standard InChI is InChI=1S/C21H28N2O4S/c1-15(27-18-11-7-9-16(13-18)21(2,3)4)20(24)22-17-10-8-12-19(14-17)28(25,26)23(5)6/h7-15H,1-6H3,(H,22,24). The fourth-order valence-corrected chi connectivity index (χ4v) is 3.43. The molecule has 1 unspecified atom stereocenters. The van der Waals surface area contributed by atoms with Crippen molar-refractivity contribution in [2.24, 2.45) is 0 Å². The van der Waals surface area contributed by atoms with Gasteiger partial charge in [0.1, 0.15) is 5.75 Å². The van der Waals surface area contributed by atoms with Gasteiger partial charge in [-0.1, -0.05) is 39.0 Å². The average molecular weight is 405 g/mol. The quantitative estimate of drug-likeness (QED) is 0.798. The minimum Gasteiger partial charge on any atom is -0.481 e. The van der Waals surface area contributed by atoms with E-state index in [2.05, 4.69) is 26.1 Å². The van der Waals surface area contributed by atoms with Crippen LogP contribution in [-0.4, -0.2) is 38.8 Å². The van der Waals surface area contributed by atoms with Gasteiger partial charge in [0, 0.05) is 19.8 Å². The number of carbonyl (C=O) groups is 1. The SMILES string of the molecule is CC(Oc1cccc(C(C)(C)C)c1)C(=O)Nc1cccc(S(=O)(=O)N(C)C)c1. The van der Waals surface area contributed by atoms with Gasteiger partial charge < -0.3 is 10.1 Å². The first kappa shape index (κ1) is 21.9. The number of hydrogen-bond acceptors (Lipinski definition) is 4. The second-order valence-corrected chi connectivity index (χ2v) is 9.99. The Hall–Kier alpha value is -2.38. The molecule has 152 valence electrons. The summed E-state index contributed by atoms with van der Waals surface area (Å²) in [4.78, 5) is 12.6. The zero-order chi connectivity index (χ0) is 21.1. The maximum Gasteiger partial charge on any atom is 0.265 e. The van der Waals surface area contributed by atoms with E-state index in [1.165, 1.54) is 26.2 Å². The fraction of sp³-hybridized carbons (Fsp3) is 0.381. The summed E-state index contributed by atoms with van der Waals surface area (Å²) >= 11 is 0. The third-order valence-corrected chi connectivity index (χ3v) is 6.07. The molecule has 0 aliphatic heterocycles. The molecule has 0 aliphatic carbocycles. The lowest BCUT2D eigenvalue weighted by atomic mass is 9.87. The molecule has 0 heterocycles. The third kappa shape index (κ3) is 5.33. The summed E-state index contributed by atoms with van der Waals surface area (Å²) in [5.41, 5.74) is 1.48. The third-order valence-electron chi connectivity index (χ3n) is 4.26. The van der Waals surface area contributed by atoms with E-state index in [0.29, 0.717) is 11.4 Å². The van der Waals surface area contributed by atoms with Crippen molar-refractivity contribution in [2.45, 2.75) is 44.1 Å². The highest BCUT2D eigenvalue weighted by molar-refractivity contribution is 7.89. The Kier molecular flexibility index (Phi) is 6.52. The molecule has 1 N–H and O–H groups in total. The Bertz CT molecular complexity index is 947.